The Morgan fingerprint density at radius 2 is 2.00 bits per heavy atom. The fraction of sp³-hybridized carbons (Fsp3) is 0.450. The fourth-order valence-corrected chi connectivity index (χ4v) is 3.32. The van der Waals surface area contributed by atoms with Gasteiger partial charge >= 0.3 is 6.09 Å². The van der Waals surface area contributed by atoms with Crippen molar-refractivity contribution in [3.63, 3.8) is 0 Å². The molecule has 0 spiro atoms. The molecule has 156 valence electrons. The number of carbonyl (C=O) groups is 1. The Morgan fingerprint density at radius 3 is 2.59 bits per heavy atom. The average Bonchev–Trinajstić information content (AvgIpc) is 3.15. The summed E-state index contributed by atoms with van der Waals surface area (Å²) in [5.41, 5.74) is 1.29. The summed E-state index contributed by atoms with van der Waals surface area (Å²) in [7, 11) is 1.71. The zero-order valence-corrected chi connectivity index (χ0v) is 17.1. The second-order valence-electron chi connectivity index (χ2n) is 6.70. The molecule has 1 aliphatic rings. The number of ether oxygens (including phenoxy) is 1. The van der Waals surface area contributed by atoms with Crippen LogP contribution in [-0.4, -0.2) is 71.2 Å². The molecule has 0 saturated carbocycles. The molecule has 9 heteroatoms. The molecule has 29 heavy (non-hydrogen) atoms. The van der Waals surface area contributed by atoms with Crippen LogP contribution in [0, 0.1) is 12.7 Å². The number of imidazole rings is 1. The number of nitrogens with zero attached hydrogens (tertiary/aromatic N) is 5. The lowest BCUT2D eigenvalue weighted by Crippen LogP contribution is -2.53. The quantitative estimate of drug-likeness (QED) is 0.627. The summed E-state index contributed by atoms with van der Waals surface area (Å²) in [6.07, 6.45) is 3.11. The monoisotopic (exact) mass is 402 g/mol. The molecule has 1 aromatic carbocycles. The molecule has 1 aromatic heterocycles. The molecule has 2 aromatic rings. The Bertz CT molecular complexity index is 874. The number of aryl methyl sites for hydroxylation is 1. The van der Waals surface area contributed by atoms with Crippen molar-refractivity contribution in [2.24, 2.45) is 4.99 Å². The number of hydrogen-bond acceptors (Lipinski definition) is 4. The smallest absolute Gasteiger partial charge is 0.409 e. The minimum Gasteiger partial charge on any atom is -0.450 e. The molecule has 8 nitrogen and oxygen atoms in total. The maximum atomic E-state index is 14.6. The van der Waals surface area contributed by atoms with E-state index in [-0.39, 0.29) is 11.9 Å². The number of aliphatic imine (C=N–C) groups is 1. The normalized spacial score (nSPS) is 14.8. The van der Waals surface area contributed by atoms with Crippen molar-refractivity contribution in [1.29, 1.82) is 0 Å². The molecule has 1 amide bonds. The number of amides is 1. The highest BCUT2D eigenvalue weighted by Gasteiger charge is 2.23. The lowest BCUT2D eigenvalue weighted by molar-refractivity contribution is 0.0914. The van der Waals surface area contributed by atoms with Crippen LogP contribution in [0.3, 0.4) is 0 Å². The number of guanidine groups is 1. The number of nitrogens with one attached hydrogen (secondary N) is 1. The zero-order valence-electron chi connectivity index (χ0n) is 17.1. The van der Waals surface area contributed by atoms with Gasteiger partial charge in [0, 0.05) is 52.2 Å². The van der Waals surface area contributed by atoms with Crippen molar-refractivity contribution in [2.75, 3.05) is 39.8 Å². The van der Waals surface area contributed by atoms with E-state index in [0.717, 1.165) is 17.3 Å². The van der Waals surface area contributed by atoms with Crippen molar-refractivity contribution in [2.45, 2.75) is 20.4 Å². The molecule has 2 heterocycles. The first-order valence-electron chi connectivity index (χ1n) is 9.69. The van der Waals surface area contributed by atoms with Crippen molar-refractivity contribution in [3.8, 4) is 5.69 Å². The third-order valence-corrected chi connectivity index (χ3v) is 4.87. The highest BCUT2D eigenvalue weighted by atomic mass is 19.1. The van der Waals surface area contributed by atoms with Crippen LogP contribution < -0.4 is 5.32 Å². The first-order chi connectivity index (χ1) is 14.0. The standard InChI is InChI=1S/C20H27FN6O2/c1-4-29-20(28)26-11-9-25(10-12-26)19(22-3)24-14-16-5-6-18(17(21)13-16)27-8-7-23-15(27)2/h5-8,13H,4,9-12,14H2,1-3H3,(H,22,24). The van der Waals surface area contributed by atoms with Crippen molar-refractivity contribution < 1.29 is 13.9 Å². The number of rotatable bonds is 4. The van der Waals surface area contributed by atoms with Crippen LogP contribution in [0.4, 0.5) is 9.18 Å². The summed E-state index contributed by atoms with van der Waals surface area (Å²) in [5.74, 6) is 1.16. The van der Waals surface area contributed by atoms with E-state index in [4.69, 9.17) is 4.74 Å². The van der Waals surface area contributed by atoms with E-state index in [2.05, 4.69) is 20.2 Å². The summed E-state index contributed by atoms with van der Waals surface area (Å²) in [5, 5.41) is 3.27. The van der Waals surface area contributed by atoms with Crippen LogP contribution in [0.15, 0.2) is 35.6 Å². The van der Waals surface area contributed by atoms with E-state index in [1.54, 1.807) is 41.9 Å². The van der Waals surface area contributed by atoms with Gasteiger partial charge in [-0.1, -0.05) is 6.07 Å². The Labute approximate surface area is 170 Å². The topological polar surface area (TPSA) is 75.0 Å². The van der Waals surface area contributed by atoms with Crippen LogP contribution in [-0.2, 0) is 11.3 Å². The van der Waals surface area contributed by atoms with E-state index in [1.165, 1.54) is 6.07 Å². The fourth-order valence-electron chi connectivity index (χ4n) is 3.32. The maximum absolute atomic E-state index is 14.6. The van der Waals surface area contributed by atoms with Gasteiger partial charge in [0.15, 0.2) is 5.96 Å². The molecule has 0 bridgehead atoms. The molecular formula is C20H27FN6O2. The lowest BCUT2D eigenvalue weighted by Gasteiger charge is -2.35. The number of carbonyl (C=O) groups excluding carboxylic acids is 1. The molecule has 3 rings (SSSR count). The van der Waals surface area contributed by atoms with E-state index in [1.807, 2.05) is 13.0 Å². The average molecular weight is 402 g/mol. The lowest BCUT2D eigenvalue weighted by atomic mass is 10.2. The summed E-state index contributed by atoms with van der Waals surface area (Å²) in [6.45, 7) is 6.92. The van der Waals surface area contributed by atoms with Crippen molar-refractivity contribution in [3.05, 3.63) is 47.8 Å². The SMILES string of the molecule is CCOC(=O)N1CCN(C(=NC)NCc2ccc(-n3ccnc3C)c(F)c2)CC1. The summed E-state index contributed by atoms with van der Waals surface area (Å²) >= 11 is 0. The molecule has 0 atom stereocenters. The van der Waals surface area contributed by atoms with Gasteiger partial charge in [0.25, 0.3) is 0 Å². The van der Waals surface area contributed by atoms with Crippen LogP contribution in [0.1, 0.15) is 18.3 Å². The van der Waals surface area contributed by atoms with Gasteiger partial charge in [-0.3, -0.25) is 4.99 Å². The predicted molar refractivity (Wildman–Crippen MR) is 109 cm³/mol. The van der Waals surface area contributed by atoms with Crippen LogP contribution >= 0.6 is 0 Å². The first kappa shape index (κ1) is 20.6. The number of aromatic nitrogens is 2. The molecule has 1 aliphatic heterocycles. The minimum absolute atomic E-state index is 0.279. The van der Waals surface area contributed by atoms with Gasteiger partial charge in [-0.2, -0.15) is 0 Å². The van der Waals surface area contributed by atoms with Crippen molar-refractivity contribution >= 4 is 12.1 Å². The number of halogens is 1. The Balaban J connectivity index is 1.57. The van der Waals surface area contributed by atoms with Gasteiger partial charge < -0.3 is 24.4 Å². The zero-order chi connectivity index (χ0) is 20.8. The molecule has 0 aliphatic carbocycles. The number of hydrogen-bond donors (Lipinski definition) is 1. The Kier molecular flexibility index (Phi) is 6.69. The predicted octanol–water partition coefficient (Wildman–Crippen LogP) is 2.17. The third kappa shape index (κ3) is 4.85. The maximum Gasteiger partial charge on any atom is 0.409 e. The van der Waals surface area contributed by atoms with Crippen LogP contribution in [0.25, 0.3) is 5.69 Å². The van der Waals surface area contributed by atoms with Crippen LogP contribution in [0.5, 0.6) is 0 Å². The van der Waals surface area contributed by atoms with Gasteiger partial charge in [-0.15, -0.1) is 0 Å². The van der Waals surface area contributed by atoms with E-state index in [9.17, 15) is 9.18 Å². The third-order valence-electron chi connectivity index (χ3n) is 4.87. The molecule has 0 unspecified atom stereocenters. The van der Waals surface area contributed by atoms with E-state index >= 15 is 0 Å². The number of benzene rings is 1. The molecule has 1 N–H and O–H groups in total. The summed E-state index contributed by atoms with van der Waals surface area (Å²) in [6, 6.07) is 5.16. The van der Waals surface area contributed by atoms with E-state index in [0.29, 0.717) is 45.0 Å². The molecule has 1 saturated heterocycles. The molecular weight excluding hydrogens is 375 g/mol. The van der Waals surface area contributed by atoms with Gasteiger partial charge in [0.2, 0.25) is 0 Å². The van der Waals surface area contributed by atoms with Gasteiger partial charge in [-0.25, -0.2) is 14.2 Å². The second kappa shape index (κ2) is 9.40. The van der Waals surface area contributed by atoms with Crippen LogP contribution in [0.2, 0.25) is 0 Å². The highest BCUT2D eigenvalue weighted by Crippen LogP contribution is 2.17. The first-order valence-corrected chi connectivity index (χ1v) is 9.69. The Hall–Kier alpha value is -3.10. The van der Waals surface area contributed by atoms with Gasteiger partial charge in [-0.05, 0) is 31.5 Å². The second-order valence-corrected chi connectivity index (χ2v) is 6.70. The van der Waals surface area contributed by atoms with E-state index < -0.39 is 0 Å². The highest BCUT2D eigenvalue weighted by molar-refractivity contribution is 5.80. The van der Waals surface area contributed by atoms with Crippen molar-refractivity contribution in [1.82, 2.24) is 24.7 Å². The minimum atomic E-state index is -0.302. The Morgan fingerprint density at radius 1 is 1.28 bits per heavy atom. The molecule has 1 fully saturated rings. The number of piperazine rings is 1. The van der Waals surface area contributed by atoms with Gasteiger partial charge in [0.05, 0.1) is 12.3 Å². The summed E-state index contributed by atoms with van der Waals surface area (Å²) in [4.78, 5) is 24.0. The largest absolute Gasteiger partial charge is 0.450 e. The van der Waals surface area contributed by atoms with Gasteiger partial charge in [0.1, 0.15) is 11.6 Å². The molecule has 0 radical (unpaired) electrons. The summed E-state index contributed by atoms with van der Waals surface area (Å²) < 4.78 is 21.3.